The number of hydrogen-bond acceptors (Lipinski definition) is 5. The number of sulfone groups is 1. The van der Waals surface area contributed by atoms with Gasteiger partial charge >= 0.3 is 0 Å². The number of ether oxygens (including phenoxy) is 1. The Balaban J connectivity index is 1.55. The number of halogens is 1. The van der Waals surface area contributed by atoms with Gasteiger partial charge in [-0.15, -0.1) is 0 Å². The topological polar surface area (TPSA) is 76.0 Å². The summed E-state index contributed by atoms with van der Waals surface area (Å²) in [6, 6.07) is 14.8. The standard InChI is InChI=1S/C21H21FN2O4S2/c1-14(28-17-5-3-2-4-6-17)20(25)23-21-24(11-15-7-9-16(22)10-8-15)18-12-30(26,27)13-19(18)29-21/h2-10,14,18-19H,11-13H2,1H3/t14-,18+,19+/m0/s1. The number of aliphatic imine (C=N–C) groups is 1. The predicted molar refractivity (Wildman–Crippen MR) is 115 cm³/mol. The molecule has 0 aromatic heterocycles. The van der Waals surface area contributed by atoms with Crippen LogP contribution in [0.1, 0.15) is 12.5 Å². The Kier molecular flexibility index (Phi) is 5.84. The molecule has 2 aliphatic rings. The number of amides is 1. The predicted octanol–water partition coefficient (Wildman–Crippen LogP) is 2.89. The molecule has 0 radical (unpaired) electrons. The zero-order chi connectivity index (χ0) is 21.3. The number of thioether (sulfide) groups is 1. The average molecular weight is 449 g/mol. The molecule has 0 spiro atoms. The first-order chi connectivity index (χ1) is 14.3. The minimum atomic E-state index is -3.13. The largest absolute Gasteiger partial charge is 0.481 e. The van der Waals surface area contributed by atoms with Crippen molar-refractivity contribution in [2.75, 3.05) is 11.5 Å². The van der Waals surface area contributed by atoms with Crippen LogP contribution in [0.3, 0.4) is 0 Å². The Labute approximate surface area is 179 Å². The number of fused-ring (bicyclic) bond motifs is 1. The van der Waals surface area contributed by atoms with Crippen molar-refractivity contribution < 1.29 is 22.3 Å². The molecule has 2 saturated heterocycles. The number of benzene rings is 2. The number of carbonyl (C=O) groups is 1. The van der Waals surface area contributed by atoms with E-state index in [1.807, 2.05) is 23.1 Å². The highest BCUT2D eigenvalue weighted by atomic mass is 32.2. The van der Waals surface area contributed by atoms with Gasteiger partial charge in [-0.25, -0.2) is 12.8 Å². The molecule has 30 heavy (non-hydrogen) atoms. The molecule has 2 aromatic rings. The number of nitrogens with zero attached hydrogens (tertiary/aromatic N) is 2. The number of carbonyl (C=O) groups excluding carboxylic acids is 1. The van der Waals surface area contributed by atoms with Gasteiger partial charge in [-0.3, -0.25) is 4.79 Å². The summed E-state index contributed by atoms with van der Waals surface area (Å²) in [5.41, 5.74) is 0.815. The first-order valence-electron chi connectivity index (χ1n) is 9.53. The van der Waals surface area contributed by atoms with Gasteiger partial charge in [-0.2, -0.15) is 4.99 Å². The zero-order valence-corrected chi connectivity index (χ0v) is 17.9. The van der Waals surface area contributed by atoms with Gasteiger partial charge in [0, 0.05) is 11.8 Å². The summed E-state index contributed by atoms with van der Waals surface area (Å²) in [7, 11) is -3.13. The SMILES string of the molecule is C[C@H](Oc1ccccc1)C(=O)N=C1S[C@@H]2CS(=O)(=O)C[C@H]2N1Cc1ccc(F)cc1. The van der Waals surface area contributed by atoms with Crippen LogP contribution in [-0.2, 0) is 21.2 Å². The van der Waals surface area contributed by atoms with E-state index in [1.165, 1.54) is 23.9 Å². The third kappa shape index (κ3) is 4.67. The summed E-state index contributed by atoms with van der Waals surface area (Å²) in [5.74, 6) is -0.121. The van der Waals surface area contributed by atoms with Crippen LogP contribution < -0.4 is 4.74 Å². The lowest BCUT2D eigenvalue weighted by Gasteiger charge is -2.24. The molecule has 6 nitrogen and oxygen atoms in total. The summed E-state index contributed by atoms with van der Waals surface area (Å²) >= 11 is 1.31. The average Bonchev–Trinajstić information content (AvgIpc) is 3.16. The lowest BCUT2D eigenvalue weighted by atomic mass is 10.1. The quantitative estimate of drug-likeness (QED) is 0.700. The molecule has 2 aromatic carbocycles. The van der Waals surface area contributed by atoms with Crippen LogP contribution in [0.25, 0.3) is 0 Å². The van der Waals surface area contributed by atoms with E-state index in [0.29, 0.717) is 17.5 Å². The molecule has 0 N–H and O–H groups in total. The van der Waals surface area contributed by atoms with E-state index in [0.717, 1.165) is 5.56 Å². The molecule has 1 amide bonds. The van der Waals surface area contributed by atoms with Gasteiger partial charge in [0.1, 0.15) is 11.6 Å². The van der Waals surface area contributed by atoms with Crippen molar-refractivity contribution in [3.05, 3.63) is 66.0 Å². The first-order valence-corrected chi connectivity index (χ1v) is 12.2. The fourth-order valence-electron chi connectivity index (χ4n) is 3.55. The second kappa shape index (κ2) is 8.39. The maximum Gasteiger partial charge on any atom is 0.288 e. The third-order valence-corrected chi connectivity index (χ3v) is 8.30. The van der Waals surface area contributed by atoms with E-state index in [4.69, 9.17) is 4.74 Å². The van der Waals surface area contributed by atoms with Crippen molar-refractivity contribution in [3.8, 4) is 5.75 Å². The van der Waals surface area contributed by atoms with Gasteiger partial charge in [0.25, 0.3) is 5.91 Å². The second-order valence-corrected chi connectivity index (χ2v) is 10.7. The van der Waals surface area contributed by atoms with E-state index < -0.39 is 21.8 Å². The minimum Gasteiger partial charge on any atom is -0.481 e. The molecule has 3 atom stereocenters. The molecule has 4 rings (SSSR count). The lowest BCUT2D eigenvalue weighted by molar-refractivity contribution is -0.123. The van der Waals surface area contributed by atoms with E-state index in [-0.39, 0.29) is 28.6 Å². The summed E-state index contributed by atoms with van der Waals surface area (Å²) in [6.45, 7) is 1.98. The Hall–Kier alpha value is -2.39. The van der Waals surface area contributed by atoms with E-state index in [9.17, 15) is 17.6 Å². The molecule has 2 fully saturated rings. The van der Waals surface area contributed by atoms with Gasteiger partial charge in [0.15, 0.2) is 21.1 Å². The Morgan fingerprint density at radius 3 is 2.60 bits per heavy atom. The Morgan fingerprint density at radius 1 is 1.20 bits per heavy atom. The van der Waals surface area contributed by atoms with E-state index >= 15 is 0 Å². The van der Waals surface area contributed by atoms with Gasteiger partial charge in [0.05, 0.1) is 17.5 Å². The van der Waals surface area contributed by atoms with Crippen molar-refractivity contribution in [2.24, 2.45) is 4.99 Å². The van der Waals surface area contributed by atoms with Crippen molar-refractivity contribution in [2.45, 2.75) is 30.9 Å². The van der Waals surface area contributed by atoms with Gasteiger partial charge in [-0.05, 0) is 36.8 Å². The fourth-order valence-corrected chi connectivity index (χ4v) is 7.50. The molecule has 0 saturated carbocycles. The Bertz CT molecular complexity index is 1060. The van der Waals surface area contributed by atoms with Crippen LogP contribution in [0.5, 0.6) is 5.75 Å². The van der Waals surface area contributed by atoms with Crippen LogP contribution in [0, 0.1) is 5.82 Å². The van der Waals surface area contributed by atoms with Crippen LogP contribution in [0.4, 0.5) is 4.39 Å². The molecule has 2 heterocycles. The van der Waals surface area contributed by atoms with Crippen molar-refractivity contribution >= 4 is 32.7 Å². The molecule has 0 bridgehead atoms. The highest BCUT2D eigenvalue weighted by Crippen LogP contribution is 2.39. The summed E-state index contributed by atoms with van der Waals surface area (Å²) in [4.78, 5) is 18.8. The lowest BCUT2D eigenvalue weighted by Crippen LogP contribution is -2.37. The van der Waals surface area contributed by atoms with Gasteiger partial charge in [0.2, 0.25) is 0 Å². The highest BCUT2D eigenvalue weighted by molar-refractivity contribution is 8.15. The van der Waals surface area contributed by atoms with Crippen LogP contribution in [0.15, 0.2) is 59.6 Å². The molecular formula is C21H21FN2O4S2. The fraction of sp³-hybridized carbons (Fsp3) is 0.333. The molecule has 9 heteroatoms. The monoisotopic (exact) mass is 448 g/mol. The molecular weight excluding hydrogens is 427 g/mol. The summed E-state index contributed by atoms with van der Waals surface area (Å²) in [5, 5.41) is 0.310. The first kappa shape index (κ1) is 20.9. The third-order valence-electron chi connectivity index (χ3n) is 5.05. The molecule has 158 valence electrons. The normalized spacial score (nSPS) is 24.6. The smallest absolute Gasteiger partial charge is 0.288 e. The second-order valence-electron chi connectivity index (χ2n) is 7.36. The number of amidine groups is 1. The summed E-state index contributed by atoms with van der Waals surface area (Å²) < 4.78 is 43.1. The minimum absolute atomic E-state index is 0.0230. The molecule has 2 aliphatic heterocycles. The van der Waals surface area contributed by atoms with Crippen molar-refractivity contribution in [3.63, 3.8) is 0 Å². The molecule has 0 unspecified atom stereocenters. The van der Waals surface area contributed by atoms with Crippen molar-refractivity contribution in [1.29, 1.82) is 0 Å². The van der Waals surface area contributed by atoms with Gasteiger partial charge < -0.3 is 9.64 Å². The van der Waals surface area contributed by atoms with E-state index in [1.54, 1.807) is 31.2 Å². The number of hydrogen-bond donors (Lipinski definition) is 0. The van der Waals surface area contributed by atoms with Crippen LogP contribution in [0.2, 0.25) is 0 Å². The maximum atomic E-state index is 13.3. The zero-order valence-electron chi connectivity index (χ0n) is 16.3. The van der Waals surface area contributed by atoms with Gasteiger partial charge in [-0.1, -0.05) is 42.1 Å². The van der Waals surface area contributed by atoms with Crippen LogP contribution >= 0.6 is 11.8 Å². The highest BCUT2D eigenvalue weighted by Gasteiger charge is 2.48. The van der Waals surface area contributed by atoms with E-state index in [2.05, 4.69) is 4.99 Å². The van der Waals surface area contributed by atoms with Crippen LogP contribution in [-0.4, -0.2) is 53.3 Å². The number of para-hydroxylation sites is 1. The summed E-state index contributed by atoms with van der Waals surface area (Å²) in [6.07, 6.45) is -0.780. The maximum absolute atomic E-state index is 13.3. The Morgan fingerprint density at radius 2 is 1.90 bits per heavy atom. The van der Waals surface area contributed by atoms with Crippen molar-refractivity contribution in [1.82, 2.24) is 4.90 Å². The number of rotatable bonds is 5. The molecule has 0 aliphatic carbocycles.